The van der Waals surface area contributed by atoms with Gasteiger partial charge in [0, 0.05) is 18.7 Å². The molecule has 0 aromatic heterocycles. The average molecular weight is 386 g/mol. The zero-order chi connectivity index (χ0) is 20.5. The number of carbonyl (C=O) groups excluding carboxylic acids is 1. The Bertz CT molecular complexity index is 762. The molecule has 1 unspecified atom stereocenters. The molecule has 1 atom stereocenters. The van der Waals surface area contributed by atoms with Crippen molar-refractivity contribution in [3.05, 3.63) is 53.6 Å². The van der Waals surface area contributed by atoms with E-state index in [1.54, 1.807) is 33.3 Å². The molecule has 152 valence electrons. The molecule has 2 rings (SSSR count). The van der Waals surface area contributed by atoms with E-state index in [-0.39, 0.29) is 12.1 Å². The van der Waals surface area contributed by atoms with Crippen LogP contribution in [-0.2, 0) is 13.0 Å². The van der Waals surface area contributed by atoms with Gasteiger partial charge in [-0.15, -0.1) is 0 Å². The first-order valence-corrected chi connectivity index (χ1v) is 9.32. The summed E-state index contributed by atoms with van der Waals surface area (Å²) < 4.78 is 15.8. The third-order valence-electron chi connectivity index (χ3n) is 4.64. The highest BCUT2D eigenvalue weighted by molar-refractivity contribution is 5.74. The van der Waals surface area contributed by atoms with Crippen molar-refractivity contribution in [2.45, 2.75) is 32.4 Å². The van der Waals surface area contributed by atoms with E-state index in [0.717, 1.165) is 35.7 Å². The Morgan fingerprint density at radius 2 is 1.64 bits per heavy atom. The summed E-state index contributed by atoms with van der Waals surface area (Å²) >= 11 is 0. The second-order valence-electron chi connectivity index (χ2n) is 6.77. The number of amides is 2. The van der Waals surface area contributed by atoms with Gasteiger partial charge < -0.3 is 24.4 Å². The van der Waals surface area contributed by atoms with Gasteiger partial charge in [0.05, 0.1) is 27.9 Å². The van der Waals surface area contributed by atoms with E-state index in [2.05, 4.69) is 17.4 Å². The van der Waals surface area contributed by atoms with Crippen molar-refractivity contribution in [2.75, 3.05) is 28.4 Å². The number of rotatable bonds is 9. The van der Waals surface area contributed by atoms with E-state index in [9.17, 15) is 4.79 Å². The zero-order valence-corrected chi connectivity index (χ0v) is 17.3. The Hall–Kier alpha value is -2.89. The number of hydrogen-bond donors (Lipinski definition) is 1. The van der Waals surface area contributed by atoms with E-state index in [1.165, 1.54) is 5.56 Å². The smallest absolute Gasteiger partial charge is 0.317 e. The molecule has 6 heteroatoms. The summed E-state index contributed by atoms with van der Waals surface area (Å²) in [6.07, 6.45) is 1.74. The fourth-order valence-electron chi connectivity index (χ4n) is 2.90. The Morgan fingerprint density at radius 1 is 1.00 bits per heavy atom. The highest BCUT2D eigenvalue weighted by Crippen LogP contribution is 2.25. The molecule has 28 heavy (non-hydrogen) atoms. The molecule has 1 N–H and O–H groups in total. The number of urea groups is 1. The van der Waals surface area contributed by atoms with Crippen LogP contribution in [0.15, 0.2) is 42.5 Å². The summed E-state index contributed by atoms with van der Waals surface area (Å²) in [4.78, 5) is 14.2. The second-order valence-corrected chi connectivity index (χ2v) is 6.77. The first-order valence-electron chi connectivity index (χ1n) is 9.32. The quantitative estimate of drug-likeness (QED) is 0.711. The van der Waals surface area contributed by atoms with Crippen molar-refractivity contribution in [1.29, 1.82) is 0 Å². The standard InChI is InChI=1S/C22H30N2O4/c1-16(6-7-17-8-10-19(26-3)11-9-17)23-22(25)24(2)15-18-14-20(27-4)12-13-21(18)28-5/h8-14,16H,6-7,15H2,1-5H3,(H,23,25). The largest absolute Gasteiger partial charge is 0.497 e. The summed E-state index contributed by atoms with van der Waals surface area (Å²) in [6, 6.07) is 13.5. The molecule has 0 bridgehead atoms. The van der Waals surface area contributed by atoms with Gasteiger partial charge in [-0.1, -0.05) is 12.1 Å². The fourth-order valence-corrected chi connectivity index (χ4v) is 2.90. The van der Waals surface area contributed by atoms with Gasteiger partial charge >= 0.3 is 6.03 Å². The maximum absolute atomic E-state index is 12.5. The molecule has 0 fully saturated rings. The molecule has 2 aromatic carbocycles. The highest BCUT2D eigenvalue weighted by Gasteiger charge is 2.15. The molecular formula is C22H30N2O4. The molecule has 0 saturated heterocycles. The van der Waals surface area contributed by atoms with Crippen LogP contribution in [0.3, 0.4) is 0 Å². The molecule has 0 heterocycles. The fraction of sp³-hybridized carbons (Fsp3) is 0.409. The Morgan fingerprint density at radius 3 is 2.25 bits per heavy atom. The molecule has 0 aliphatic rings. The molecule has 0 aliphatic heterocycles. The third-order valence-corrected chi connectivity index (χ3v) is 4.64. The summed E-state index contributed by atoms with van der Waals surface area (Å²) in [5.74, 6) is 2.31. The average Bonchev–Trinajstić information content (AvgIpc) is 2.72. The number of nitrogens with zero attached hydrogens (tertiary/aromatic N) is 1. The van der Waals surface area contributed by atoms with Crippen LogP contribution in [0.25, 0.3) is 0 Å². The van der Waals surface area contributed by atoms with Gasteiger partial charge in [-0.25, -0.2) is 4.79 Å². The van der Waals surface area contributed by atoms with Crippen LogP contribution in [0.5, 0.6) is 17.2 Å². The summed E-state index contributed by atoms with van der Waals surface area (Å²) in [6.45, 7) is 2.44. The van der Waals surface area contributed by atoms with Gasteiger partial charge in [0.1, 0.15) is 17.2 Å². The molecule has 2 amide bonds. The van der Waals surface area contributed by atoms with Crippen molar-refractivity contribution in [2.24, 2.45) is 0 Å². The molecule has 0 aliphatic carbocycles. The predicted octanol–water partition coefficient (Wildman–Crippen LogP) is 3.88. The number of methoxy groups -OCH3 is 3. The number of benzene rings is 2. The van der Waals surface area contributed by atoms with E-state index in [0.29, 0.717) is 6.54 Å². The van der Waals surface area contributed by atoms with Crippen molar-refractivity contribution < 1.29 is 19.0 Å². The molecule has 2 aromatic rings. The van der Waals surface area contributed by atoms with Gasteiger partial charge in [0.25, 0.3) is 0 Å². The molecule has 0 radical (unpaired) electrons. The van der Waals surface area contributed by atoms with Crippen LogP contribution >= 0.6 is 0 Å². The minimum atomic E-state index is -0.118. The van der Waals surface area contributed by atoms with Crippen LogP contribution in [0.4, 0.5) is 4.79 Å². The van der Waals surface area contributed by atoms with Crippen LogP contribution in [0, 0.1) is 0 Å². The first kappa shape index (κ1) is 21.4. The number of carbonyl (C=O) groups is 1. The number of aryl methyl sites for hydroxylation is 1. The van der Waals surface area contributed by atoms with Gasteiger partial charge in [-0.05, 0) is 55.7 Å². The summed E-state index contributed by atoms with van der Waals surface area (Å²) in [5, 5.41) is 3.05. The lowest BCUT2D eigenvalue weighted by Crippen LogP contribution is -2.41. The van der Waals surface area contributed by atoms with Crippen molar-refractivity contribution >= 4 is 6.03 Å². The summed E-state index contributed by atoms with van der Waals surface area (Å²) in [5.41, 5.74) is 2.11. The van der Waals surface area contributed by atoms with Crippen molar-refractivity contribution in [3.63, 3.8) is 0 Å². The van der Waals surface area contributed by atoms with E-state index in [4.69, 9.17) is 14.2 Å². The second kappa shape index (κ2) is 10.4. The predicted molar refractivity (Wildman–Crippen MR) is 110 cm³/mol. The van der Waals surface area contributed by atoms with Crippen molar-refractivity contribution in [3.8, 4) is 17.2 Å². The SMILES string of the molecule is COc1ccc(CCC(C)NC(=O)N(C)Cc2cc(OC)ccc2OC)cc1. The normalized spacial score (nSPS) is 11.5. The van der Waals surface area contributed by atoms with E-state index in [1.807, 2.05) is 37.3 Å². The Labute approximate surface area is 167 Å². The topological polar surface area (TPSA) is 60.0 Å². The minimum Gasteiger partial charge on any atom is -0.497 e. The van der Waals surface area contributed by atoms with E-state index >= 15 is 0 Å². The maximum Gasteiger partial charge on any atom is 0.317 e. The highest BCUT2D eigenvalue weighted by atomic mass is 16.5. The third kappa shape index (κ3) is 6.08. The molecule has 0 spiro atoms. The lowest BCUT2D eigenvalue weighted by molar-refractivity contribution is 0.202. The van der Waals surface area contributed by atoms with Crippen LogP contribution in [0.1, 0.15) is 24.5 Å². The van der Waals surface area contributed by atoms with Crippen LogP contribution < -0.4 is 19.5 Å². The van der Waals surface area contributed by atoms with Crippen LogP contribution in [-0.4, -0.2) is 45.3 Å². The molecule has 0 saturated carbocycles. The summed E-state index contributed by atoms with van der Waals surface area (Å²) in [7, 11) is 6.66. The lowest BCUT2D eigenvalue weighted by Gasteiger charge is -2.22. The zero-order valence-electron chi connectivity index (χ0n) is 17.3. The van der Waals surface area contributed by atoms with E-state index < -0.39 is 0 Å². The number of ether oxygens (including phenoxy) is 3. The van der Waals surface area contributed by atoms with Crippen LogP contribution in [0.2, 0.25) is 0 Å². The van der Waals surface area contributed by atoms with Crippen molar-refractivity contribution in [1.82, 2.24) is 10.2 Å². The molecule has 6 nitrogen and oxygen atoms in total. The molecular weight excluding hydrogens is 356 g/mol. The first-order chi connectivity index (χ1) is 13.5. The lowest BCUT2D eigenvalue weighted by atomic mass is 10.1. The monoisotopic (exact) mass is 386 g/mol. The Kier molecular flexibility index (Phi) is 7.99. The number of nitrogens with one attached hydrogen (secondary N) is 1. The number of hydrogen-bond acceptors (Lipinski definition) is 4. The Balaban J connectivity index is 1.87. The minimum absolute atomic E-state index is 0.0595. The van der Waals surface area contributed by atoms with Gasteiger partial charge in [0.15, 0.2) is 0 Å². The van der Waals surface area contributed by atoms with Gasteiger partial charge in [-0.2, -0.15) is 0 Å². The maximum atomic E-state index is 12.5. The van der Waals surface area contributed by atoms with Gasteiger partial charge in [0.2, 0.25) is 0 Å². The van der Waals surface area contributed by atoms with Gasteiger partial charge in [-0.3, -0.25) is 0 Å².